The molecule has 2 aromatic heterocycles. The molecule has 3 aliphatic rings. The Morgan fingerprint density at radius 3 is 2.74 bits per heavy atom. The minimum Gasteiger partial charge on any atom is -0.379 e. The number of ether oxygens (including phenoxy) is 2. The Bertz CT molecular complexity index is 1320. The Labute approximate surface area is 226 Å². The molecule has 1 unspecified atom stereocenters. The number of amides is 3. The third kappa shape index (κ3) is 5.28. The normalized spacial score (nSPS) is 22.1. The number of hydrogen-bond acceptors (Lipinski definition) is 9. The van der Waals surface area contributed by atoms with Gasteiger partial charge in [-0.25, -0.2) is 14.8 Å². The van der Waals surface area contributed by atoms with E-state index >= 15 is 0 Å². The molecule has 3 atom stereocenters. The zero-order valence-electron chi connectivity index (χ0n) is 22.0. The summed E-state index contributed by atoms with van der Waals surface area (Å²) < 4.78 is 10.7. The average molecular weight is 534 g/mol. The number of pyridine rings is 2. The molecule has 39 heavy (non-hydrogen) atoms. The zero-order chi connectivity index (χ0) is 27.5. The lowest BCUT2D eigenvalue weighted by Gasteiger charge is -2.36. The fourth-order valence-corrected chi connectivity index (χ4v) is 5.30. The van der Waals surface area contributed by atoms with Crippen LogP contribution in [0.1, 0.15) is 52.9 Å². The summed E-state index contributed by atoms with van der Waals surface area (Å²) >= 11 is 0. The number of urea groups is 1. The number of carbonyl (C=O) groups is 3. The predicted octanol–water partition coefficient (Wildman–Crippen LogP) is 2.48. The molecule has 12 heteroatoms. The molecule has 0 aromatic carbocycles. The number of likely N-dealkylation sites (tertiary alicyclic amines) is 1. The van der Waals surface area contributed by atoms with Gasteiger partial charge in [0.05, 0.1) is 23.4 Å². The van der Waals surface area contributed by atoms with Crippen LogP contribution in [-0.2, 0) is 27.2 Å². The maximum Gasteiger partial charge on any atom is 0.328 e. The largest absolute Gasteiger partial charge is 0.379 e. The van der Waals surface area contributed by atoms with E-state index in [-0.39, 0.29) is 36.1 Å². The molecule has 204 valence electrons. The first kappa shape index (κ1) is 26.5. The number of anilines is 3. The number of carbonyl (C=O) groups excluding carboxylic acids is 3. The van der Waals surface area contributed by atoms with Crippen LogP contribution in [0.3, 0.4) is 0 Å². The van der Waals surface area contributed by atoms with E-state index in [0.29, 0.717) is 61.3 Å². The molecule has 1 saturated carbocycles. The van der Waals surface area contributed by atoms with Crippen molar-refractivity contribution in [3.05, 3.63) is 40.7 Å². The topological polar surface area (TPSA) is 150 Å². The third-order valence-corrected chi connectivity index (χ3v) is 7.64. The summed E-state index contributed by atoms with van der Waals surface area (Å²) in [7, 11) is 3.17. The highest BCUT2D eigenvalue weighted by Gasteiger charge is 2.33. The highest BCUT2D eigenvalue weighted by molar-refractivity contribution is 6.02. The minimum atomic E-state index is -0.462. The number of hydrogen-bond donors (Lipinski definition) is 2. The number of nitrogens with one attached hydrogen (secondary N) is 2. The standard InChI is InChI=1S/C27H31N7O5/c1-38-22-6-5-19(22)30-20-11-24(29-13-18(20)12-28)32-27(37)34-8-3-4-16-10-17(21(15-35)31-25(16)34)14-33-9-7-23(39-2)26(33)36/h10-11,13,15,19,22-23H,3-9,14H2,1-2H3,(H2,29,30,32,37)/t19-,22+,23?/m1/s1. The van der Waals surface area contributed by atoms with E-state index in [1.807, 2.05) is 6.07 Å². The molecule has 2 aromatic rings. The van der Waals surface area contributed by atoms with Crippen molar-refractivity contribution in [2.75, 3.05) is 42.8 Å². The van der Waals surface area contributed by atoms with Gasteiger partial charge in [0.25, 0.3) is 5.91 Å². The molecule has 2 N–H and O–H groups in total. The van der Waals surface area contributed by atoms with Crippen molar-refractivity contribution in [3.63, 3.8) is 0 Å². The van der Waals surface area contributed by atoms with Crippen molar-refractivity contribution < 1.29 is 23.9 Å². The van der Waals surface area contributed by atoms with E-state index in [2.05, 4.69) is 26.7 Å². The Morgan fingerprint density at radius 1 is 1.23 bits per heavy atom. The van der Waals surface area contributed by atoms with Crippen molar-refractivity contribution in [1.82, 2.24) is 14.9 Å². The highest BCUT2D eigenvalue weighted by Crippen LogP contribution is 2.31. The Balaban J connectivity index is 1.34. The minimum absolute atomic E-state index is 0.0700. The number of rotatable bonds is 8. The second-order valence-corrected chi connectivity index (χ2v) is 9.92. The van der Waals surface area contributed by atoms with Crippen LogP contribution in [0.4, 0.5) is 22.1 Å². The fraction of sp³-hybridized carbons (Fsp3) is 0.481. The molecule has 5 rings (SSSR count). The Kier molecular flexibility index (Phi) is 7.72. The molecule has 2 fully saturated rings. The van der Waals surface area contributed by atoms with Crippen LogP contribution in [0.15, 0.2) is 18.3 Å². The van der Waals surface area contributed by atoms with Crippen LogP contribution in [0.25, 0.3) is 0 Å². The van der Waals surface area contributed by atoms with Crippen LogP contribution < -0.4 is 15.5 Å². The second-order valence-electron chi connectivity index (χ2n) is 9.92. The summed E-state index contributed by atoms with van der Waals surface area (Å²) in [4.78, 5) is 49.7. The zero-order valence-corrected chi connectivity index (χ0v) is 22.0. The molecule has 0 radical (unpaired) electrons. The van der Waals surface area contributed by atoms with Gasteiger partial charge in [0.2, 0.25) is 0 Å². The van der Waals surface area contributed by atoms with Crippen LogP contribution in [0, 0.1) is 11.3 Å². The van der Waals surface area contributed by atoms with Crippen molar-refractivity contribution in [2.24, 2.45) is 0 Å². The summed E-state index contributed by atoms with van der Waals surface area (Å²) in [6, 6.07) is 5.28. The molecular weight excluding hydrogens is 502 g/mol. The van der Waals surface area contributed by atoms with Crippen molar-refractivity contribution in [1.29, 1.82) is 5.26 Å². The lowest BCUT2D eigenvalue weighted by molar-refractivity contribution is -0.136. The summed E-state index contributed by atoms with van der Waals surface area (Å²) in [6.07, 6.45) is 5.56. The number of aldehydes is 1. The molecule has 0 spiro atoms. The highest BCUT2D eigenvalue weighted by atomic mass is 16.5. The van der Waals surface area contributed by atoms with E-state index in [9.17, 15) is 19.6 Å². The first-order valence-corrected chi connectivity index (χ1v) is 13.0. The number of methoxy groups -OCH3 is 2. The summed E-state index contributed by atoms with van der Waals surface area (Å²) in [5.41, 5.74) is 2.62. The van der Waals surface area contributed by atoms with E-state index < -0.39 is 12.1 Å². The molecule has 12 nitrogen and oxygen atoms in total. The quantitative estimate of drug-likeness (QED) is 0.488. The monoisotopic (exact) mass is 533 g/mol. The molecule has 4 heterocycles. The van der Waals surface area contributed by atoms with E-state index in [1.54, 1.807) is 18.1 Å². The Hall–Kier alpha value is -4.08. The molecule has 1 aliphatic carbocycles. The van der Waals surface area contributed by atoms with Gasteiger partial charge < -0.3 is 19.7 Å². The van der Waals surface area contributed by atoms with Crippen molar-refractivity contribution in [3.8, 4) is 6.07 Å². The van der Waals surface area contributed by atoms with Gasteiger partial charge in [-0.2, -0.15) is 5.26 Å². The van der Waals surface area contributed by atoms with Crippen molar-refractivity contribution >= 4 is 35.5 Å². The van der Waals surface area contributed by atoms with Gasteiger partial charge in [-0.05, 0) is 37.3 Å². The lowest BCUT2D eigenvalue weighted by Crippen LogP contribution is -2.44. The smallest absolute Gasteiger partial charge is 0.328 e. The molecule has 0 bridgehead atoms. The maximum absolute atomic E-state index is 13.3. The molecule has 3 amide bonds. The van der Waals surface area contributed by atoms with E-state index in [4.69, 9.17) is 9.47 Å². The number of nitriles is 1. The van der Waals surface area contributed by atoms with Gasteiger partial charge in [-0.15, -0.1) is 0 Å². The Morgan fingerprint density at radius 2 is 2.08 bits per heavy atom. The SMILES string of the molecule is COC1CCN(Cc2cc3c(nc2C=O)N(C(=O)Nc2cc(N[C@@H]4CC[C@@H]4OC)c(C#N)cn2)CCC3)C1=O. The van der Waals surface area contributed by atoms with Gasteiger partial charge in [0.15, 0.2) is 6.29 Å². The predicted molar refractivity (Wildman–Crippen MR) is 142 cm³/mol. The van der Waals surface area contributed by atoms with Crippen LogP contribution in [0.5, 0.6) is 0 Å². The molecule has 2 aliphatic heterocycles. The summed E-state index contributed by atoms with van der Waals surface area (Å²) in [6.45, 7) is 1.22. The fourth-order valence-electron chi connectivity index (χ4n) is 5.30. The van der Waals surface area contributed by atoms with Gasteiger partial charge in [0.1, 0.15) is 29.5 Å². The summed E-state index contributed by atoms with van der Waals surface area (Å²) in [5.74, 6) is 0.595. The van der Waals surface area contributed by atoms with E-state index in [1.165, 1.54) is 18.2 Å². The first-order valence-electron chi connectivity index (χ1n) is 13.0. The van der Waals surface area contributed by atoms with Crippen LogP contribution in [0.2, 0.25) is 0 Å². The first-order chi connectivity index (χ1) is 18.9. The molecule has 1 saturated heterocycles. The number of fused-ring (bicyclic) bond motifs is 1. The molecular formula is C27H31N7O5. The second kappa shape index (κ2) is 11.3. The maximum atomic E-state index is 13.3. The van der Waals surface area contributed by atoms with Gasteiger partial charge in [-0.1, -0.05) is 0 Å². The average Bonchev–Trinajstić information content (AvgIpc) is 3.29. The number of nitrogens with zero attached hydrogens (tertiary/aromatic N) is 5. The number of aromatic nitrogens is 2. The van der Waals surface area contributed by atoms with Crippen LogP contribution in [-0.4, -0.2) is 78.7 Å². The van der Waals surface area contributed by atoms with Crippen molar-refractivity contribution in [2.45, 2.75) is 56.9 Å². The number of aryl methyl sites for hydroxylation is 1. The van der Waals surface area contributed by atoms with Gasteiger partial charge >= 0.3 is 6.03 Å². The lowest BCUT2D eigenvalue weighted by atomic mass is 9.88. The van der Waals surface area contributed by atoms with E-state index in [0.717, 1.165) is 18.4 Å². The summed E-state index contributed by atoms with van der Waals surface area (Å²) in [5, 5.41) is 15.6. The van der Waals surface area contributed by atoms with Gasteiger partial charge in [-0.3, -0.25) is 19.8 Å². The van der Waals surface area contributed by atoms with Crippen LogP contribution >= 0.6 is 0 Å². The van der Waals surface area contributed by atoms with Gasteiger partial charge in [0, 0.05) is 58.1 Å². The third-order valence-electron chi connectivity index (χ3n) is 7.64.